The SMILES string of the molecule is C=CCc1ccccc1OCC(=O)Nc1sc2c(c1C(=O)OC)CCC(C(C)(C)C)C2. The Bertz CT molecular complexity index is 970. The van der Waals surface area contributed by atoms with E-state index >= 15 is 0 Å². The van der Waals surface area contributed by atoms with E-state index < -0.39 is 5.97 Å². The van der Waals surface area contributed by atoms with E-state index in [4.69, 9.17) is 9.47 Å². The Hall–Kier alpha value is -2.60. The van der Waals surface area contributed by atoms with Crippen LogP contribution in [0.5, 0.6) is 5.75 Å². The van der Waals surface area contributed by atoms with Crippen molar-refractivity contribution in [1.82, 2.24) is 0 Å². The predicted octanol–water partition coefficient (Wildman–Crippen LogP) is 5.43. The Morgan fingerprint density at radius 3 is 2.71 bits per heavy atom. The number of anilines is 1. The van der Waals surface area contributed by atoms with Crippen molar-refractivity contribution in [3.63, 3.8) is 0 Å². The Balaban J connectivity index is 1.77. The lowest BCUT2D eigenvalue weighted by atomic mass is 9.72. The van der Waals surface area contributed by atoms with Crippen LogP contribution in [0.3, 0.4) is 0 Å². The highest BCUT2D eigenvalue weighted by Gasteiger charge is 2.34. The lowest BCUT2D eigenvalue weighted by Gasteiger charge is -2.33. The molecule has 0 spiro atoms. The van der Waals surface area contributed by atoms with E-state index in [1.54, 1.807) is 6.08 Å². The number of fused-ring (bicyclic) bond motifs is 1. The van der Waals surface area contributed by atoms with Crippen LogP contribution in [0, 0.1) is 11.3 Å². The number of hydrogen-bond acceptors (Lipinski definition) is 5. The van der Waals surface area contributed by atoms with Gasteiger partial charge in [-0.3, -0.25) is 4.79 Å². The number of thiophene rings is 1. The second kappa shape index (κ2) is 9.69. The van der Waals surface area contributed by atoms with Crippen molar-refractivity contribution in [2.75, 3.05) is 19.0 Å². The van der Waals surface area contributed by atoms with Gasteiger partial charge < -0.3 is 14.8 Å². The maximum atomic E-state index is 12.7. The summed E-state index contributed by atoms with van der Waals surface area (Å²) in [5.41, 5.74) is 2.68. The fourth-order valence-corrected chi connectivity index (χ4v) is 5.34. The summed E-state index contributed by atoms with van der Waals surface area (Å²) in [7, 11) is 1.37. The van der Waals surface area contributed by atoms with Crippen molar-refractivity contribution < 1.29 is 19.1 Å². The molecule has 0 bridgehead atoms. The lowest BCUT2D eigenvalue weighted by Crippen LogP contribution is -2.26. The van der Waals surface area contributed by atoms with E-state index in [0.29, 0.717) is 28.7 Å². The zero-order valence-electron chi connectivity index (χ0n) is 18.7. The van der Waals surface area contributed by atoms with Gasteiger partial charge in [0.1, 0.15) is 10.8 Å². The summed E-state index contributed by atoms with van der Waals surface area (Å²) in [6, 6.07) is 7.58. The van der Waals surface area contributed by atoms with Crippen LogP contribution in [0.15, 0.2) is 36.9 Å². The monoisotopic (exact) mass is 441 g/mol. The number of carbonyl (C=O) groups excluding carboxylic acids is 2. The fraction of sp³-hybridized carbons (Fsp3) is 0.440. The minimum Gasteiger partial charge on any atom is -0.483 e. The molecule has 3 rings (SSSR count). The Kier molecular flexibility index (Phi) is 7.21. The van der Waals surface area contributed by atoms with E-state index in [1.807, 2.05) is 24.3 Å². The van der Waals surface area contributed by atoms with Gasteiger partial charge in [-0.25, -0.2) is 4.79 Å². The molecular weight excluding hydrogens is 410 g/mol. The second-order valence-corrected chi connectivity index (χ2v) is 10.0. The molecule has 1 atom stereocenters. The standard InChI is InChI=1S/C25H31NO4S/c1-6-9-16-10-7-8-11-19(16)30-15-21(27)26-23-22(24(28)29-5)18-13-12-17(25(2,3)4)14-20(18)31-23/h6-8,10-11,17H,1,9,12-15H2,2-5H3,(H,26,27). The second-order valence-electron chi connectivity index (χ2n) is 8.94. The molecule has 0 aliphatic heterocycles. The smallest absolute Gasteiger partial charge is 0.341 e. The first-order valence-electron chi connectivity index (χ1n) is 10.6. The van der Waals surface area contributed by atoms with Gasteiger partial charge in [0, 0.05) is 4.88 Å². The summed E-state index contributed by atoms with van der Waals surface area (Å²) in [4.78, 5) is 26.3. The summed E-state index contributed by atoms with van der Waals surface area (Å²) in [6.07, 6.45) is 5.21. The maximum Gasteiger partial charge on any atom is 0.341 e. The van der Waals surface area contributed by atoms with Crippen molar-refractivity contribution >= 4 is 28.2 Å². The highest BCUT2D eigenvalue weighted by atomic mass is 32.1. The van der Waals surface area contributed by atoms with E-state index in [9.17, 15) is 9.59 Å². The lowest BCUT2D eigenvalue weighted by molar-refractivity contribution is -0.118. The van der Waals surface area contributed by atoms with Crippen LogP contribution in [-0.2, 0) is 28.8 Å². The Morgan fingerprint density at radius 1 is 1.29 bits per heavy atom. The first kappa shape index (κ1) is 23.1. The predicted molar refractivity (Wildman–Crippen MR) is 125 cm³/mol. The van der Waals surface area contributed by atoms with E-state index in [1.165, 1.54) is 23.3 Å². The molecule has 5 nitrogen and oxygen atoms in total. The van der Waals surface area contributed by atoms with Gasteiger partial charge in [-0.1, -0.05) is 45.0 Å². The minimum absolute atomic E-state index is 0.137. The number of esters is 1. The number of carbonyl (C=O) groups is 2. The highest BCUT2D eigenvalue weighted by molar-refractivity contribution is 7.17. The highest BCUT2D eigenvalue weighted by Crippen LogP contribution is 2.44. The summed E-state index contributed by atoms with van der Waals surface area (Å²) in [5, 5.41) is 3.45. The van der Waals surface area contributed by atoms with Crippen LogP contribution in [0.1, 0.15) is 53.6 Å². The largest absolute Gasteiger partial charge is 0.483 e. The number of benzene rings is 1. The molecule has 1 aromatic heterocycles. The molecule has 31 heavy (non-hydrogen) atoms. The van der Waals surface area contributed by atoms with Crippen LogP contribution in [0.4, 0.5) is 5.00 Å². The molecule has 1 aliphatic rings. The quantitative estimate of drug-likeness (QED) is 0.459. The summed E-state index contributed by atoms with van der Waals surface area (Å²) >= 11 is 1.49. The molecule has 1 aliphatic carbocycles. The number of ether oxygens (including phenoxy) is 2. The minimum atomic E-state index is -0.403. The first-order valence-corrected chi connectivity index (χ1v) is 11.4. The third-order valence-electron chi connectivity index (χ3n) is 5.83. The molecule has 2 aromatic rings. The molecule has 6 heteroatoms. The van der Waals surface area contributed by atoms with Gasteiger partial charge in [-0.05, 0) is 54.2 Å². The van der Waals surface area contributed by atoms with Gasteiger partial charge in [0.05, 0.1) is 12.7 Å². The maximum absolute atomic E-state index is 12.7. The van der Waals surface area contributed by atoms with Crippen molar-refractivity contribution in [3.8, 4) is 5.75 Å². The van der Waals surface area contributed by atoms with Crippen LogP contribution in [0.2, 0.25) is 0 Å². The van der Waals surface area contributed by atoms with Crippen LogP contribution >= 0.6 is 11.3 Å². The molecule has 0 fully saturated rings. The molecule has 0 saturated heterocycles. The Labute approximate surface area is 188 Å². The van der Waals surface area contributed by atoms with Crippen molar-refractivity contribution in [1.29, 1.82) is 0 Å². The average molecular weight is 442 g/mol. The van der Waals surface area contributed by atoms with Crippen molar-refractivity contribution in [2.45, 2.75) is 46.5 Å². The topological polar surface area (TPSA) is 64.6 Å². The fourth-order valence-electron chi connectivity index (χ4n) is 4.01. The number of methoxy groups -OCH3 is 1. The number of nitrogens with one attached hydrogen (secondary N) is 1. The van der Waals surface area contributed by atoms with Crippen LogP contribution < -0.4 is 10.1 Å². The summed E-state index contributed by atoms with van der Waals surface area (Å²) in [5.74, 6) is 0.491. The number of hydrogen-bond donors (Lipinski definition) is 1. The molecule has 1 aromatic carbocycles. The molecule has 166 valence electrons. The van der Waals surface area contributed by atoms with Crippen molar-refractivity contribution in [3.05, 3.63) is 58.5 Å². The van der Waals surface area contributed by atoms with E-state index in [0.717, 1.165) is 30.4 Å². The zero-order valence-corrected chi connectivity index (χ0v) is 19.6. The summed E-state index contributed by atoms with van der Waals surface area (Å²) in [6.45, 7) is 10.4. The van der Waals surface area contributed by atoms with Crippen molar-refractivity contribution in [2.24, 2.45) is 11.3 Å². The molecule has 1 N–H and O–H groups in total. The Morgan fingerprint density at radius 2 is 2.03 bits per heavy atom. The zero-order chi connectivity index (χ0) is 22.6. The number of allylic oxidation sites excluding steroid dienone is 1. The molecular formula is C25H31NO4S. The summed E-state index contributed by atoms with van der Waals surface area (Å²) < 4.78 is 10.8. The third kappa shape index (κ3) is 5.37. The molecule has 0 radical (unpaired) electrons. The van der Waals surface area contributed by atoms with Gasteiger partial charge in [0.25, 0.3) is 5.91 Å². The van der Waals surface area contributed by atoms with E-state index in [2.05, 4.69) is 32.7 Å². The molecule has 0 saturated carbocycles. The van der Waals surface area contributed by atoms with Gasteiger partial charge >= 0.3 is 5.97 Å². The average Bonchev–Trinajstić information content (AvgIpc) is 3.09. The van der Waals surface area contributed by atoms with Gasteiger partial charge in [0.2, 0.25) is 0 Å². The molecule has 1 heterocycles. The van der Waals surface area contributed by atoms with Crippen LogP contribution in [0.25, 0.3) is 0 Å². The van der Waals surface area contributed by atoms with Gasteiger partial charge in [-0.15, -0.1) is 17.9 Å². The van der Waals surface area contributed by atoms with Gasteiger partial charge in [0.15, 0.2) is 6.61 Å². The number of amides is 1. The molecule has 1 unspecified atom stereocenters. The van der Waals surface area contributed by atoms with E-state index in [-0.39, 0.29) is 17.9 Å². The molecule has 1 amide bonds. The first-order chi connectivity index (χ1) is 14.7. The van der Waals surface area contributed by atoms with Gasteiger partial charge in [-0.2, -0.15) is 0 Å². The van der Waals surface area contributed by atoms with Crippen LogP contribution in [-0.4, -0.2) is 25.6 Å². The number of rotatable bonds is 7. The number of para-hydroxylation sites is 1. The normalized spacial score (nSPS) is 15.7. The third-order valence-corrected chi connectivity index (χ3v) is 7.00.